The monoisotopic (exact) mass is 384 g/mol. The van der Waals surface area contributed by atoms with Gasteiger partial charge in [0.1, 0.15) is 0 Å². The van der Waals surface area contributed by atoms with Gasteiger partial charge in [0.2, 0.25) is 6.79 Å². The summed E-state index contributed by atoms with van der Waals surface area (Å²) in [4.78, 5) is 0.302. The van der Waals surface area contributed by atoms with Crippen LogP contribution in [0, 0.1) is 0 Å². The average Bonchev–Trinajstić information content (AvgIpc) is 3.08. The highest BCUT2D eigenvalue weighted by Crippen LogP contribution is 2.43. The molecular formula is C20H17O4PS. The zero-order valence-electron chi connectivity index (χ0n) is 14.1. The molecule has 0 amide bonds. The van der Waals surface area contributed by atoms with E-state index in [1.54, 1.807) is 12.1 Å². The quantitative estimate of drug-likeness (QED) is 0.647. The van der Waals surface area contributed by atoms with Crippen molar-refractivity contribution in [3.05, 3.63) is 60.7 Å². The first-order chi connectivity index (χ1) is 12.4. The van der Waals surface area contributed by atoms with Crippen molar-refractivity contribution in [2.75, 3.05) is 13.0 Å². The Kier molecular flexibility index (Phi) is 4.22. The first kappa shape index (κ1) is 17.1. The molecule has 0 N–H and O–H groups in total. The second-order valence-corrected chi connectivity index (χ2v) is 8.85. The Morgan fingerprint density at radius 2 is 1.27 bits per heavy atom. The molecule has 1 aliphatic rings. The van der Waals surface area contributed by atoms with E-state index in [1.165, 1.54) is 6.26 Å². The Bertz CT molecular complexity index is 1070. The Morgan fingerprint density at radius 1 is 0.808 bits per heavy atom. The Morgan fingerprint density at radius 3 is 1.73 bits per heavy atom. The fraction of sp³-hybridized carbons (Fsp3) is 0.100. The molecule has 1 atom stereocenters. The first-order valence-corrected chi connectivity index (χ1v) is 10.5. The third-order valence-electron chi connectivity index (χ3n) is 4.33. The molecule has 0 spiro atoms. The summed E-state index contributed by atoms with van der Waals surface area (Å²) in [6, 6.07) is 19.0. The van der Waals surface area contributed by atoms with Crippen LogP contribution in [-0.2, 0) is 9.84 Å². The lowest BCUT2D eigenvalue weighted by molar-refractivity contribution is 0.174. The molecule has 1 unspecified atom stereocenters. The van der Waals surface area contributed by atoms with Crippen molar-refractivity contribution in [1.29, 1.82) is 0 Å². The predicted octanol–water partition coefficient (Wildman–Crippen LogP) is 3.65. The van der Waals surface area contributed by atoms with Gasteiger partial charge in [0.15, 0.2) is 21.3 Å². The zero-order chi connectivity index (χ0) is 18.3. The van der Waals surface area contributed by atoms with E-state index in [1.807, 2.05) is 48.5 Å². The van der Waals surface area contributed by atoms with Crippen molar-refractivity contribution < 1.29 is 17.9 Å². The van der Waals surface area contributed by atoms with Crippen LogP contribution in [0.2, 0.25) is 0 Å². The fourth-order valence-electron chi connectivity index (χ4n) is 2.96. The molecule has 4 nitrogen and oxygen atoms in total. The van der Waals surface area contributed by atoms with E-state index < -0.39 is 9.84 Å². The van der Waals surface area contributed by atoms with E-state index in [9.17, 15) is 8.42 Å². The van der Waals surface area contributed by atoms with Crippen molar-refractivity contribution in [2.45, 2.75) is 4.90 Å². The van der Waals surface area contributed by atoms with Crippen LogP contribution < -0.4 is 14.8 Å². The van der Waals surface area contributed by atoms with Crippen molar-refractivity contribution in [1.82, 2.24) is 0 Å². The minimum absolute atomic E-state index is 0.204. The van der Waals surface area contributed by atoms with Crippen molar-refractivity contribution in [2.24, 2.45) is 0 Å². The number of ether oxygens (including phenoxy) is 2. The second kappa shape index (κ2) is 6.42. The number of hydrogen-bond donors (Lipinski definition) is 0. The molecule has 3 aromatic rings. The van der Waals surface area contributed by atoms with Gasteiger partial charge in [-0.05, 0) is 51.8 Å². The summed E-state index contributed by atoms with van der Waals surface area (Å²) in [7, 11) is -0.551. The van der Waals surface area contributed by atoms with E-state index in [0.29, 0.717) is 16.4 Å². The van der Waals surface area contributed by atoms with Crippen molar-refractivity contribution in [3.63, 3.8) is 0 Å². The maximum absolute atomic E-state index is 11.7. The van der Waals surface area contributed by atoms with Crippen molar-refractivity contribution >= 4 is 24.4 Å². The topological polar surface area (TPSA) is 52.6 Å². The van der Waals surface area contributed by atoms with Gasteiger partial charge in [0.25, 0.3) is 0 Å². The summed E-state index contributed by atoms with van der Waals surface area (Å²) in [6.45, 7) is 0.204. The van der Waals surface area contributed by atoms with Gasteiger partial charge in [-0.1, -0.05) is 36.4 Å². The smallest absolute Gasteiger partial charge is 0.231 e. The van der Waals surface area contributed by atoms with Gasteiger partial charge in [-0.2, -0.15) is 0 Å². The molecule has 0 saturated carbocycles. The molecular weight excluding hydrogens is 367 g/mol. The third-order valence-corrected chi connectivity index (χ3v) is 5.84. The van der Waals surface area contributed by atoms with E-state index in [0.717, 1.165) is 27.6 Å². The summed E-state index contributed by atoms with van der Waals surface area (Å²) in [5.74, 6) is 1.41. The maximum atomic E-state index is 11.7. The largest absolute Gasteiger partial charge is 0.454 e. The minimum atomic E-state index is -3.23. The Balaban J connectivity index is 1.88. The van der Waals surface area contributed by atoms with Gasteiger partial charge in [-0.3, -0.25) is 0 Å². The van der Waals surface area contributed by atoms with Crippen LogP contribution in [0.4, 0.5) is 0 Å². The number of rotatable bonds is 3. The van der Waals surface area contributed by atoms with Crippen LogP contribution in [-0.4, -0.2) is 21.5 Å². The second-order valence-electron chi connectivity index (χ2n) is 6.17. The van der Waals surface area contributed by atoms with Crippen LogP contribution >= 0.6 is 9.24 Å². The summed E-state index contributed by atoms with van der Waals surface area (Å²) in [6.07, 6.45) is 1.21. The fourth-order valence-corrected chi connectivity index (χ4v) is 3.79. The molecule has 1 heterocycles. The highest BCUT2D eigenvalue weighted by Gasteiger charge is 2.19. The van der Waals surface area contributed by atoms with Crippen molar-refractivity contribution in [3.8, 4) is 33.8 Å². The number of fused-ring (bicyclic) bond motifs is 1. The van der Waals surface area contributed by atoms with E-state index in [-0.39, 0.29) is 6.79 Å². The van der Waals surface area contributed by atoms with E-state index in [2.05, 4.69) is 9.24 Å². The van der Waals surface area contributed by atoms with Gasteiger partial charge in [0.05, 0.1) is 4.90 Å². The summed E-state index contributed by atoms with van der Waals surface area (Å²) >= 11 is 0. The number of benzene rings is 3. The van der Waals surface area contributed by atoms with Crippen LogP contribution in [0.3, 0.4) is 0 Å². The Labute approximate surface area is 154 Å². The SMILES string of the molecule is CS(=O)(=O)c1ccc(-c2cc3c(cc2-c2ccc(P)cc2)OCO3)cc1. The molecule has 0 radical (unpaired) electrons. The molecule has 0 aromatic heterocycles. The lowest BCUT2D eigenvalue weighted by Crippen LogP contribution is -1.96. The maximum Gasteiger partial charge on any atom is 0.231 e. The predicted molar refractivity (Wildman–Crippen MR) is 106 cm³/mol. The first-order valence-electron chi connectivity index (χ1n) is 8.02. The molecule has 0 bridgehead atoms. The van der Waals surface area contributed by atoms with Gasteiger partial charge in [-0.25, -0.2) is 8.42 Å². The summed E-state index contributed by atoms with van der Waals surface area (Å²) < 4.78 is 34.5. The lowest BCUT2D eigenvalue weighted by Gasteiger charge is -2.13. The van der Waals surface area contributed by atoms with Gasteiger partial charge in [0, 0.05) is 6.26 Å². The molecule has 26 heavy (non-hydrogen) atoms. The number of hydrogen-bond acceptors (Lipinski definition) is 4. The highest BCUT2D eigenvalue weighted by atomic mass is 32.2. The molecule has 1 aliphatic heterocycles. The van der Waals surface area contributed by atoms with E-state index >= 15 is 0 Å². The summed E-state index contributed by atoms with van der Waals surface area (Å²) in [5, 5.41) is 1.11. The molecule has 132 valence electrons. The molecule has 0 saturated heterocycles. The standard InChI is InChI=1S/C20H17O4PS/c1-26(21,22)16-8-4-14(5-9-16)18-11-20-19(23-12-24-20)10-17(18)13-2-6-15(25)7-3-13/h2-11H,12,25H2,1H3. The van der Waals surface area contributed by atoms with Gasteiger partial charge >= 0.3 is 0 Å². The minimum Gasteiger partial charge on any atom is -0.454 e. The van der Waals surface area contributed by atoms with E-state index in [4.69, 9.17) is 9.47 Å². The molecule has 0 aliphatic carbocycles. The van der Waals surface area contributed by atoms with Crippen LogP contribution in [0.5, 0.6) is 11.5 Å². The normalized spacial score (nSPS) is 13.0. The third kappa shape index (κ3) is 3.20. The molecule has 3 aromatic carbocycles. The zero-order valence-corrected chi connectivity index (χ0v) is 16.1. The molecule has 6 heteroatoms. The highest BCUT2D eigenvalue weighted by molar-refractivity contribution is 7.90. The van der Waals surface area contributed by atoms with Gasteiger partial charge in [-0.15, -0.1) is 9.24 Å². The van der Waals surface area contributed by atoms with Crippen LogP contribution in [0.15, 0.2) is 65.6 Å². The van der Waals surface area contributed by atoms with Crippen LogP contribution in [0.25, 0.3) is 22.3 Å². The average molecular weight is 384 g/mol. The van der Waals surface area contributed by atoms with Gasteiger partial charge < -0.3 is 9.47 Å². The Hall–Kier alpha value is -2.36. The lowest BCUT2D eigenvalue weighted by atomic mass is 9.94. The number of sulfone groups is 1. The molecule has 4 rings (SSSR count). The summed E-state index contributed by atoms with van der Waals surface area (Å²) in [5.41, 5.74) is 3.94. The van der Waals surface area contributed by atoms with Crippen LogP contribution in [0.1, 0.15) is 0 Å². The molecule has 0 fully saturated rings.